The zero-order valence-electron chi connectivity index (χ0n) is 14.4. The molecule has 3 aliphatic rings. The predicted octanol–water partition coefficient (Wildman–Crippen LogP) is 3.76. The molecule has 2 bridgehead atoms. The Kier molecular flexibility index (Phi) is 3.59. The Morgan fingerprint density at radius 2 is 1.11 bits per heavy atom. The van der Waals surface area contributed by atoms with Gasteiger partial charge in [-0.05, 0) is 52.9 Å². The van der Waals surface area contributed by atoms with Crippen LogP contribution in [0.15, 0.2) is 0 Å². The van der Waals surface area contributed by atoms with Crippen molar-refractivity contribution in [3.8, 4) is 0 Å². The molecule has 0 aromatic heterocycles. The fourth-order valence-corrected chi connectivity index (χ4v) is 3.70. The van der Waals surface area contributed by atoms with Crippen molar-refractivity contribution in [2.45, 2.75) is 91.4 Å². The van der Waals surface area contributed by atoms with Gasteiger partial charge in [0.05, 0.1) is 0 Å². The first-order valence-corrected chi connectivity index (χ1v) is 7.98. The van der Waals surface area contributed by atoms with Crippen LogP contribution >= 0.6 is 0 Å². The van der Waals surface area contributed by atoms with Crippen LogP contribution in [0.5, 0.6) is 0 Å². The van der Waals surface area contributed by atoms with Crippen LogP contribution in [0.1, 0.15) is 68.2 Å². The zero-order chi connectivity index (χ0) is 14.6. The van der Waals surface area contributed by atoms with Crippen LogP contribution in [-0.2, 0) is 0 Å². The predicted molar refractivity (Wildman–Crippen MR) is 83.5 cm³/mol. The number of nitrogens with zero attached hydrogens (tertiary/aromatic N) is 2. The first kappa shape index (κ1) is 15.3. The van der Waals surface area contributed by atoms with E-state index in [0.29, 0.717) is 11.0 Å². The molecule has 0 N–H and O–H groups in total. The van der Waals surface area contributed by atoms with Crippen molar-refractivity contribution in [2.24, 2.45) is 5.41 Å². The van der Waals surface area contributed by atoms with Gasteiger partial charge in [-0.1, -0.05) is 20.8 Å². The second-order valence-electron chi connectivity index (χ2n) is 9.15. The number of hydrogen-bond donors (Lipinski definition) is 0. The van der Waals surface area contributed by atoms with Gasteiger partial charge in [0.1, 0.15) is 0 Å². The Hall–Kier alpha value is -0.0800. The molecule has 19 heavy (non-hydrogen) atoms. The van der Waals surface area contributed by atoms with Crippen molar-refractivity contribution >= 4 is 0 Å². The van der Waals surface area contributed by atoms with Crippen LogP contribution in [0.4, 0.5) is 0 Å². The lowest BCUT2D eigenvalue weighted by Gasteiger charge is -2.54. The third kappa shape index (κ3) is 2.58. The van der Waals surface area contributed by atoms with Crippen molar-refractivity contribution in [3.63, 3.8) is 0 Å². The molecular weight excluding hydrogens is 232 g/mol. The Balaban J connectivity index is 2.16. The van der Waals surface area contributed by atoms with Crippen molar-refractivity contribution < 1.29 is 0 Å². The van der Waals surface area contributed by atoms with Gasteiger partial charge in [0.15, 0.2) is 0 Å². The van der Waals surface area contributed by atoms with E-state index in [9.17, 15) is 0 Å². The maximum atomic E-state index is 2.80. The van der Waals surface area contributed by atoms with E-state index in [-0.39, 0.29) is 5.54 Å². The van der Waals surface area contributed by atoms with Gasteiger partial charge in [0.25, 0.3) is 0 Å². The summed E-state index contributed by atoms with van der Waals surface area (Å²) in [5, 5.41) is 0. The monoisotopic (exact) mass is 266 g/mol. The van der Waals surface area contributed by atoms with Gasteiger partial charge in [-0.2, -0.15) is 0 Å². The molecule has 0 spiro atoms. The Bertz CT molecular complexity index is 326. The molecule has 0 aromatic carbocycles. The summed E-state index contributed by atoms with van der Waals surface area (Å²) in [5.41, 5.74) is 0.920. The normalized spacial score (nSPS) is 30.9. The zero-order valence-corrected chi connectivity index (χ0v) is 14.4. The van der Waals surface area contributed by atoms with Gasteiger partial charge in [-0.3, -0.25) is 9.80 Å². The molecular formula is C17H34N2. The Labute approximate surface area is 120 Å². The summed E-state index contributed by atoms with van der Waals surface area (Å²) in [6.45, 7) is 21.6. The molecule has 2 saturated heterocycles. The van der Waals surface area contributed by atoms with Crippen molar-refractivity contribution in [1.82, 2.24) is 9.80 Å². The van der Waals surface area contributed by atoms with Gasteiger partial charge in [-0.25, -0.2) is 0 Å². The van der Waals surface area contributed by atoms with Gasteiger partial charge in [0.2, 0.25) is 0 Å². The molecule has 0 unspecified atom stereocenters. The first-order chi connectivity index (χ1) is 8.44. The second-order valence-corrected chi connectivity index (χ2v) is 9.15. The minimum Gasteiger partial charge on any atom is -0.294 e. The summed E-state index contributed by atoms with van der Waals surface area (Å²) in [5.74, 6) is 0. The molecule has 1 saturated carbocycles. The van der Waals surface area contributed by atoms with E-state index in [1.54, 1.807) is 0 Å². The molecule has 2 heterocycles. The molecule has 2 nitrogen and oxygen atoms in total. The number of fused-ring (bicyclic) bond motifs is 3. The summed E-state index contributed by atoms with van der Waals surface area (Å²) < 4.78 is 0. The molecule has 1 aliphatic carbocycles. The fraction of sp³-hybridized carbons (Fsp3) is 1.00. The molecule has 0 radical (unpaired) electrons. The van der Waals surface area contributed by atoms with Gasteiger partial charge < -0.3 is 0 Å². The van der Waals surface area contributed by atoms with Crippen LogP contribution in [0.2, 0.25) is 0 Å². The SMILES string of the molecule is CC(C)(C)N1CCN(C(C)(C)C(C)(C)C)C2CC1C2. The van der Waals surface area contributed by atoms with E-state index in [4.69, 9.17) is 0 Å². The number of hydrogen-bond acceptors (Lipinski definition) is 2. The number of rotatable bonds is 1. The third-order valence-corrected chi connectivity index (χ3v) is 5.97. The summed E-state index contributed by atoms with van der Waals surface area (Å²) in [4.78, 5) is 5.54. The van der Waals surface area contributed by atoms with Crippen LogP contribution in [-0.4, -0.2) is 46.1 Å². The van der Waals surface area contributed by atoms with E-state index in [0.717, 1.165) is 12.1 Å². The van der Waals surface area contributed by atoms with Crippen molar-refractivity contribution in [3.05, 3.63) is 0 Å². The highest BCUT2D eigenvalue weighted by molar-refractivity contribution is 5.05. The fourth-order valence-electron chi connectivity index (χ4n) is 3.70. The van der Waals surface area contributed by atoms with Gasteiger partial charge in [0, 0.05) is 36.3 Å². The lowest BCUT2D eigenvalue weighted by atomic mass is 9.72. The first-order valence-electron chi connectivity index (χ1n) is 7.98. The Morgan fingerprint density at radius 1 is 0.684 bits per heavy atom. The van der Waals surface area contributed by atoms with E-state index in [1.165, 1.54) is 25.9 Å². The standard InChI is InChI=1S/C17H34N2/c1-15(2,3)17(7,8)19-10-9-18(16(4,5)6)13-11-14(19)12-13/h13-14H,9-12H2,1-8H3. The van der Waals surface area contributed by atoms with Gasteiger partial charge in [-0.15, -0.1) is 0 Å². The highest BCUT2D eigenvalue weighted by Crippen LogP contribution is 2.44. The lowest BCUT2D eigenvalue weighted by Crippen LogP contribution is -2.60. The molecule has 0 atom stereocenters. The molecule has 0 aromatic rings. The van der Waals surface area contributed by atoms with Crippen molar-refractivity contribution in [2.75, 3.05) is 13.1 Å². The van der Waals surface area contributed by atoms with E-state index < -0.39 is 0 Å². The maximum absolute atomic E-state index is 2.80. The highest BCUT2D eigenvalue weighted by Gasteiger charge is 2.50. The summed E-state index contributed by atoms with van der Waals surface area (Å²) in [6.07, 6.45) is 2.74. The summed E-state index contributed by atoms with van der Waals surface area (Å²) >= 11 is 0. The molecule has 3 fully saturated rings. The van der Waals surface area contributed by atoms with Crippen LogP contribution in [0.25, 0.3) is 0 Å². The minimum atomic E-state index is 0.274. The average molecular weight is 266 g/mol. The minimum absolute atomic E-state index is 0.274. The van der Waals surface area contributed by atoms with E-state index >= 15 is 0 Å². The van der Waals surface area contributed by atoms with Gasteiger partial charge >= 0.3 is 0 Å². The average Bonchev–Trinajstić information content (AvgIpc) is 2.41. The van der Waals surface area contributed by atoms with Crippen LogP contribution < -0.4 is 0 Å². The van der Waals surface area contributed by atoms with Crippen molar-refractivity contribution in [1.29, 1.82) is 0 Å². The molecule has 0 amide bonds. The lowest BCUT2D eigenvalue weighted by molar-refractivity contribution is -0.0356. The summed E-state index contributed by atoms with van der Waals surface area (Å²) in [6, 6.07) is 1.64. The molecule has 112 valence electrons. The highest BCUT2D eigenvalue weighted by atomic mass is 15.3. The molecule has 2 aliphatic heterocycles. The summed E-state index contributed by atoms with van der Waals surface area (Å²) in [7, 11) is 0. The van der Waals surface area contributed by atoms with E-state index in [1.807, 2.05) is 0 Å². The smallest absolute Gasteiger partial charge is 0.0205 e. The maximum Gasteiger partial charge on any atom is 0.0205 e. The largest absolute Gasteiger partial charge is 0.294 e. The molecule has 3 rings (SSSR count). The second kappa shape index (κ2) is 4.46. The van der Waals surface area contributed by atoms with Crippen LogP contribution in [0, 0.1) is 5.41 Å². The topological polar surface area (TPSA) is 6.48 Å². The molecule has 2 heteroatoms. The quantitative estimate of drug-likeness (QED) is 0.713. The third-order valence-electron chi connectivity index (χ3n) is 5.97. The Morgan fingerprint density at radius 3 is 1.53 bits per heavy atom. The van der Waals surface area contributed by atoms with Crippen LogP contribution in [0.3, 0.4) is 0 Å². The van der Waals surface area contributed by atoms with E-state index in [2.05, 4.69) is 65.2 Å².